The molecule has 33 heavy (non-hydrogen) atoms. The number of anilines is 1. The summed E-state index contributed by atoms with van der Waals surface area (Å²) in [5, 5.41) is 2.96. The van der Waals surface area contributed by atoms with E-state index >= 15 is 0 Å². The number of nitrogens with one attached hydrogen (secondary N) is 2. The number of carbonyl (C=O) groups excluding carboxylic acids is 1. The van der Waals surface area contributed by atoms with Gasteiger partial charge in [0.2, 0.25) is 0 Å². The molecule has 2 aromatic carbocycles. The standard InChI is InChI=1S/C27H29N3O3/c31-26(29-18-25-24-7-2-1-4-22(24)17-28-27(25)32)21-6-3-5-20(16-21)19-8-10-23(11-9-19)30-12-14-33-15-13-30/h3,5-6,8-11,16-17H,1-2,4,7,12-15,18H2,(H,28,32)(H,29,31). The Balaban J connectivity index is 1.29. The van der Waals surface area contributed by atoms with Crippen LogP contribution in [0.5, 0.6) is 0 Å². The van der Waals surface area contributed by atoms with Gasteiger partial charge in [-0.25, -0.2) is 0 Å². The van der Waals surface area contributed by atoms with Crippen molar-refractivity contribution in [3.8, 4) is 11.1 Å². The number of benzene rings is 2. The van der Waals surface area contributed by atoms with Crippen LogP contribution >= 0.6 is 0 Å². The summed E-state index contributed by atoms with van der Waals surface area (Å²) in [5.74, 6) is -0.172. The summed E-state index contributed by atoms with van der Waals surface area (Å²) in [6.45, 7) is 3.58. The molecule has 0 radical (unpaired) electrons. The van der Waals surface area contributed by atoms with Gasteiger partial charge in [0.15, 0.2) is 0 Å². The van der Waals surface area contributed by atoms with Crippen LogP contribution in [0.4, 0.5) is 5.69 Å². The van der Waals surface area contributed by atoms with Gasteiger partial charge in [-0.15, -0.1) is 0 Å². The van der Waals surface area contributed by atoms with E-state index in [1.807, 2.05) is 30.5 Å². The molecule has 170 valence electrons. The largest absolute Gasteiger partial charge is 0.378 e. The third-order valence-corrected chi connectivity index (χ3v) is 6.65. The number of carbonyl (C=O) groups is 1. The summed E-state index contributed by atoms with van der Waals surface area (Å²) in [6.07, 6.45) is 5.95. The lowest BCUT2D eigenvalue weighted by molar-refractivity contribution is 0.0950. The number of pyridine rings is 1. The van der Waals surface area contributed by atoms with Crippen molar-refractivity contribution >= 4 is 11.6 Å². The van der Waals surface area contributed by atoms with Crippen LogP contribution < -0.4 is 15.8 Å². The molecular formula is C27H29N3O3. The van der Waals surface area contributed by atoms with Crippen LogP contribution in [-0.4, -0.2) is 37.2 Å². The molecule has 2 aliphatic rings. The highest BCUT2D eigenvalue weighted by atomic mass is 16.5. The number of hydrogen-bond acceptors (Lipinski definition) is 4. The first-order valence-corrected chi connectivity index (χ1v) is 11.7. The van der Waals surface area contributed by atoms with Gasteiger partial charge in [0.1, 0.15) is 0 Å². The summed E-state index contributed by atoms with van der Waals surface area (Å²) in [4.78, 5) is 30.5. The second-order valence-electron chi connectivity index (χ2n) is 8.72. The number of amides is 1. The van der Waals surface area contributed by atoms with E-state index in [0.29, 0.717) is 11.1 Å². The van der Waals surface area contributed by atoms with Crippen LogP contribution in [0.1, 0.15) is 39.9 Å². The summed E-state index contributed by atoms with van der Waals surface area (Å²) >= 11 is 0. The van der Waals surface area contributed by atoms with Crippen molar-refractivity contribution in [2.75, 3.05) is 31.2 Å². The number of hydrogen-bond donors (Lipinski definition) is 2. The Hall–Kier alpha value is -3.38. The maximum Gasteiger partial charge on any atom is 0.253 e. The van der Waals surface area contributed by atoms with Crippen LogP contribution in [0.3, 0.4) is 0 Å². The van der Waals surface area contributed by atoms with Crippen LogP contribution in [0.2, 0.25) is 0 Å². The van der Waals surface area contributed by atoms with Crippen molar-refractivity contribution in [2.45, 2.75) is 32.2 Å². The molecule has 2 N–H and O–H groups in total. The van der Waals surface area contributed by atoms with E-state index in [1.54, 1.807) is 0 Å². The minimum atomic E-state index is -0.172. The lowest BCUT2D eigenvalue weighted by Gasteiger charge is -2.28. The van der Waals surface area contributed by atoms with Gasteiger partial charge in [-0.3, -0.25) is 9.59 Å². The fraction of sp³-hybridized carbons (Fsp3) is 0.333. The average molecular weight is 444 g/mol. The Kier molecular flexibility index (Phi) is 6.26. The number of aromatic amines is 1. The van der Waals surface area contributed by atoms with Crippen LogP contribution in [0.25, 0.3) is 11.1 Å². The van der Waals surface area contributed by atoms with Crippen molar-refractivity contribution in [3.63, 3.8) is 0 Å². The molecule has 1 fully saturated rings. The maximum absolute atomic E-state index is 12.9. The lowest BCUT2D eigenvalue weighted by atomic mass is 9.90. The number of aryl methyl sites for hydroxylation is 1. The second kappa shape index (κ2) is 9.63. The molecule has 3 aromatic rings. The van der Waals surface area contributed by atoms with Crippen molar-refractivity contribution < 1.29 is 9.53 Å². The molecule has 1 aromatic heterocycles. The first kappa shape index (κ1) is 21.5. The third-order valence-electron chi connectivity index (χ3n) is 6.65. The smallest absolute Gasteiger partial charge is 0.253 e. The van der Waals surface area contributed by atoms with E-state index in [0.717, 1.165) is 68.7 Å². The zero-order valence-corrected chi connectivity index (χ0v) is 18.7. The van der Waals surface area contributed by atoms with Gasteiger partial charge in [-0.05, 0) is 72.2 Å². The number of rotatable bonds is 5. The minimum absolute atomic E-state index is 0.106. The number of morpholine rings is 1. The molecule has 1 aliphatic carbocycles. The molecule has 0 atom stereocenters. The SMILES string of the molecule is O=C(NCc1c2c(c[nH]c1=O)CCCC2)c1cccc(-c2ccc(N3CCOCC3)cc2)c1. The van der Waals surface area contributed by atoms with Crippen molar-refractivity contribution in [1.29, 1.82) is 0 Å². The zero-order valence-electron chi connectivity index (χ0n) is 18.7. The first-order chi connectivity index (χ1) is 16.2. The molecular weight excluding hydrogens is 414 g/mol. The molecule has 0 unspecified atom stereocenters. The third kappa shape index (κ3) is 4.71. The number of H-pyrrole nitrogens is 1. The normalized spacial score (nSPS) is 15.7. The van der Waals surface area contributed by atoms with Gasteiger partial charge < -0.3 is 19.9 Å². The van der Waals surface area contributed by atoms with E-state index in [9.17, 15) is 9.59 Å². The van der Waals surface area contributed by atoms with Gasteiger partial charge in [0.05, 0.1) is 13.2 Å². The van der Waals surface area contributed by atoms with Crippen LogP contribution in [0.15, 0.2) is 59.5 Å². The monoisotopic (exact) mass is 443 g/mol. The van der Waals surface area contributed by atoms with E-state index in [-0.39, 0.29) is 18.0 Å². The van der Waals surface area contributed by atoms with Gasteiger partial charge in [0.25, 0.3) is 11.5 Å². The summed E-state index contributed by atoms with van der Waals surface area (Å²) in [6, 6.07) is 16.1. The molecule has 6 heteroatoms. The summed E-state index contributed by atoms with van der Waals surface area (Å²) in [7, 11) is 0. The predicted octanol–water partition coefficient (Wildman–Crippen LogP) is 3.69. The Morgan fingerprint density at radius 1 is 1.00 bits per heavy atom. The highest BCUT2D eigenvalue weighted by Gasteiger charge is 2.17. The second-order valence-corrected chi connectivity index (χ2v) is 8.72. The van der Waals surface area contributed by atoms with Gasteiger partial charge >= 0.3 is 0 Å². The molecule has 6 nitrogen and oxygen atoms in total. The molecule has 1 saturated heterocycles. The molecule has 5 rings (SSSR count). The highest BCUT2D eigenvalue weighted by molar-refractivity contribution is 5.95. The van der Waals surface area contributed by atoms with Gasteiger partial charge in [0, 0.05) is 42.6 Å². The Labute approximate surface area is 193 Å². The highest BCUT2D eigenvalue weighted by Crippen LogP contribution is 2.25. The van der Waals surface area contributed by atoms with E-state index in [2.05, 4.69) is 39.5 Å². The Morgan fingerprint density at radius 2 is 1.79 bits per heavy atom. The Bertz CT molecular complexity index is 1190. The lowest BCUT2D eigenvalue weighted by Crippen LogP contribution is -2.36. The summed E-state index contributed by atoms with van der Waals surface area (Å²) < 4.78 is 5.43. The minimum Gasteiger partial charge on any atom is -0.378 e. The van der Waals surface area contributed by atoms with E-state index in [1.165, 1.54) is 11.3 Å². The predicted molar refractivity (Wildman–Crippen MR) is 130 cm³/mol. The van der Waals surface area contributed by atoms with E-state index < -0.39 is 0 Å². The van der Waals surface area contributed by atoms with E-state index in [4.69, 9.17) is 4.74 Å². The molecule has 0 spiro atoms. The topological polar surface area (TPSA) is 74.4 Å². The summed E-state index contributed by atoms with van der Waals surface area (Å²) in [5.41, 5.74) is 6.73. The van der Waals surface area contributed by atoms with Crippen LogP contribution in [-0.2, 0) is 24.1 Å². The maximum atomic E-state index is 12.9. The molecule has 0 saturated carbocycles. The molecule has 1 amide bonds. The number of ether oxygens (including phenoxy) is 1. The average Bonchev–Trinajstić information content (AvgIpc) is 2.88. The van der Waals surface area contributed by atoms with Crippen LogP contribution in [0, 0.1) is 0 Å². The molecule has 0 bridgehead atoms. The quantitative estimate of drug-likeness (QED) is 0.631. The Morgan fingerprint density at radius 3 is 2.61 bits per heavy atom. The van der Waals surface area contributed by atoms with Crippen molar-refractivity contribution in [2.24, 2.45) is 0 Å². The van der Waals surface area contributed by atoms with Crippen molar-refractivity contribution in [1.82, 2.24) is 10.3 Å². The number of fused-ring (bicyclic) bond motifs is 1. The van der Waals surface area contributed by atoms with Gasteiger partial charge in [-0.2, -0.15) is 0 Å². The fourth-order valence-electron chi connectivity index (χ4n) is 4.79. The molecule has 2 heterocycles. The van der Waals surface area contributed by atoms with Crippen molar-refractivity contribution in [3.05, 3.63) is 87.3 Å². The van der Waals surface area contributed by atoms with Gasteiger partial charge in [-0.1, -0.05) is 24.3 Å². The zero-order chi connectivity index (χ0) is 22.6. The number of nitrogens with zero attached hydrogens (tertiary/aromatic N) is 1. The first-order valence-electron chi connectivity index (χ1n) is 11.7. The number of aromatic nitrogens is 1. The molecule has 1 aliphatic heterocycles. The fourth-order valence-corrected chi connectivity index (χ4v) is 4.79.